The van der Waals surface area contributed by atoms with E-state index in [1.54, 1.807) is 25.4 Å². The minimum Gasteiger partial charge on any atom is -0.453 e. The molecule has 0 fully saturated rings. The van der Waals surface area contributed by atoms with Crippen LogP contribution in [-0.4, -0.2) is 41.6 Å². The quantitative estimate of drug-likeness (QED) is 0.339. The van der Waals surface area contributed by atoms with Gasteiger partial charge in [0.1, 0.15) is 11.6 Å². The van der Waals surface area contributed by atoms with E-state index in [2.05, 4.69) is 4.98 Å². The van der Waals surface area contributed by atoms with Crippen molar-refractivity contribution in [2.45, 2.75) is 20.4 Å². The molecule has 0 saturated carbocycles. The van der Waals surface area contributed by atoms with Gasteiger partial charge in [-0.15, -0.1) is 0 Å². The lowest BCUT2D eigenvalue weighted by molar-refractivity contribution is -0.137. The SMILES string of the molecule is COCCn1c(C)cc(/C=C(\C#N)C(=O)OCC(=O)c2ccc[nH]2)c1C. The third kappa shape index (κ3) is 4.49. The van der Waals surface area contributed by atoms with Crippen LogP contribution in [0.4, 0.5) is 0 Å². The van der Waals surface area contributed by atoms with Crippen LogP contribution in [0.1, 0.15) is 27.4 Å². The Morgan fingerprint density at radius 2 is 2.15 bits per heavy atom. The largest absolute Gasteiger partial charge is 0.453 e. The van der Waals surface area contributed by atoms with E-state index in [1.165, 1.54) is 6.08 Å². The second-order valence-electron chi connectivity index (χ2n) is 5.72. The molecule has 0 spiro atoms. The number of nitriles is 1. The van der Waals surface area contributed by atoms with Crippen LogP contribution in [0, 0.1) is 25.2 Å². The van der Waals surface area contributed by atoms with Gasteiger partial charge >= 0.3 is 5.97 Å². The molecule has 136 valence electrons. The zero-order valence-corrected chi connectivity index (χ0v) is 15.0. The maximum absolute atomic E-state index is 12.1. The first-order valence-corrected chi connectivity index (χ1v) is 8.09. The number of esters is 1. The number of carbonyl (C=O) groups is 2. The molecule has 0 aliphatic heterocycles. The molecule has 2 rings (SSSR count). The lowest BCUT2D eigenvalue weighted by Crippen LogP contribution is -2.15. The fourth-order valence-corrected chi connectivity index (χ4v) is 2.58. The van der Waals surface area contributed by atoms with Gasteiger partial charge in [-0.3, -0.25) is 4.79 Å². The third-order valence-electron chi connectivity index (χ3n) is 4.00. The summed E-state index contributed by atoms with van der Waals surface area (Å²) >= 11 is 0. The summed E-state index contributed by atoms with van der Waals surface area (Å²) in [6.07, 6.45) is 3.09. The van der Waals surface area contributed by atoms with Crippen molar-refractivity contribution in [1.29, 1.82) is 5.26 Å². The van der Waals surface area contributed by atoms with Gasteiger partial charge < -0.3 is 19.0 Å². The molecule has 7 nitrogen and oxygen atoms in total. The fraction of sp³-hybridized carbons (Fsp3) is 0.316. The van der Waals surface area contributed by atoms with Crippen LogP contribution in [0.15, 0.2) is 30.0 Å². The van der Waals surface area contributed by atoms with Crippen LogP contribution >= 0.6 is 0 Å². The van der Waals surface area contributed by atoms with Crippen molar-refractivity contribution in [1.82, 2.24) is 9.55 Å². The zero-order chi connectivity index (χ0) is 19.1. The first-order valence-electron chi connectivity index (χ1n) is 8.09. The molecule has 0 amide bonds. The normalized spacial score (nSPS) is 11.2. The van der Waals surface area contributed by atoms with E-state index in [4.69, 9.17) is 9.47 Å². The molecule has 0 aliphatic carbocycles. The number of methoxy groups -OCH3 is 1. The summed E-state index contributed by atoms with van der Waals surface area (Å²) in [5.41, 5.74) is 2.86. The number of carbonyl (C=O) groups excluding carboxylic acids is 2. The van der Waals surface area contributed by atoms with Crippen molar-refractivity contribution in [2.75, 3.05) is 20.3 Å². The number of hydrogen-bond acceptors (Lipinski definition) is 5. The van der Waals surface area contributed by atoms with Crippen molar-refractivity contribution >= 4 is 17.8 Å². The number of H-pyrrole nitrogens is 1. The number of ether oxygens (including phenoxy) is 2. The Bertz CT molecular complexity index is 854. The summed E-state index contributed by atoms with van der Waals surface area (Å²) in [6, 6.07) is 7.00. The lowest BCUT2D eigenvalue weighted by Gasteiger charge is -2.08. The van der Waals surface area contributed by atoms with Crippen molar-refractivity contribution in [3.8, 4) is 6.07 Å². The van der Waals surface area contributed by atoms with Gasteiger partial charge in [-0.25, -0.2) is 4.79 Å². The van der Waals surface area contributed by atoms with Gasteiger partial charge in [0.05, 0.1) is 12.3 Å². The van der Waals surface area contributed by atoms with Crippen LogP contribution < -0.4 is 0 Å². The summed E-state index contributed by atoms with van der Waals surface area (Å²) in [6.45, 7) is 4.67. The number of nitrogens with zero attached hydrogens (tertiary/aromatic N) is 2. The zero-order valence-electron chi connectivity index (χ0n) is 15.0. The molecular formula is C19H21N3O4. The van der Waals surface area contributed by atoms with Crippen molar-refractivity contribution in [3.05, 3.63) is 52.6 Å². The van der Waals surface area contributed by atoms with Gasteiger partial charge in [0.2, 0.25) is 5.78 Å². The highest BCUT2D eigenvalue weighted by Crippen LogP contribution is 2.18. The molecule has 0 aliphatic rings. The molecule has 2 aromatic rings. The van der Waals surface area contributed by atoms with Gasteiger partial charge in [-0.05, 0) is 43.7 Å². The molecule has 0 radical (unpaired) electrons. The molecule has 7 heteroatoms. The van der Waals surface area contributed by atoms with E-state index in [1.807, 2.05) is 30.6 Å². The van der Waals surface area contributed by atoms with Crippen LogP contribution in [0.2, 0.25) is 0 Å². The monoisotopic (exact) mass is 355 g/mol. The minimum absolute atomic E-state index is 0.156. The van der Waals surface area contributed by atoms with Gasteiger partial charge in [-0.1, -0.05) is 0 Å². The average Bonchev–Trinajstić information content (AvgIpc) is 3.25. The molecule has 2 aromatic heterocycles. The molecule has 0 atom stereocenters. The topological polar surface area (TPSA) is 97.1 Å². The van der Waals surface area contributed by atoms with Crippen LogP contribution in [0.3, 0.4) is 0 Å². The summed E-state index contributed by atoms with van der Waals surface area (Å²) in [7, 11) is 1.63. The van der Waals surface area contributed by atoms with Crippen LogP contribution in [-0.2, 0) is 20.8 Å². The Kier molecular flexibility index (Phi) is 6.53. The molecular weight excluding hydrogens is 334 g/mol. The van der Waals surface area contributed by atoms with E-state index in [0.29, 0.717) is 18.8 Å². The molecule has 26 heavy (non-hydrogen) atoms. The molecule has 0 bridgehead atoms. The maximum Gasteiger partial charge on any atom is 0.349 e. The second-order valence-corrected chi connectivity index (χ2v) is 5.72. The number of aryl methyl sites for hydroxylation is 1. The lowest BCUT2D eigenvalue weighted by atomic mass is 10.1. The van der Waals surface area contributed by atoms with Crippen molar-refractivity contribution in [3.63, 3.8) is 0 Å². The van der Waals surface area contributed by atoms with E-state index in [0.717, 1.165) is 17.0 Å². The predicted molar refractivity (Wildman–Crippen MR) is 95.5 cm³/mol. The number of rotatable bonds is 8. The standard InChI is InChI=1S/C19H21N3O4/c1-13-9-15(14(2)22(13)7-8-25-3)10-16(11-20)19(24)26-12-18(23)17-5-4-6-21-17/h4-6,9-10,21H,7-8,12H2,1-3H3/b16-10+. The fourth-order valence-electron chi connectivity index (χ4n) is 2.58. The van der Waals surface area contributed by atoms with Crippen molar-refractivity contribution < 1.29 is 19.1 Å². The summed E-state index contributed by atoms with van der Waals surface area (Å²) < 4.78 is 12.1. The predicted octanol–water partition coefficient (Wildman–Crippen LogP) is 2.41. The number of nitrogens with one attached hydrogen (secondary N) is 1. The van der Waals surface area contributed by atoms with E-state index < -0.39 is 12.6 Å². The highest BCUT2D eigenvalue weighted by molar-refractivity contribution is 6.01. The van der Waals surface area contributed by atoms with Crippen molar-refractivity contribution in [2.24, 2.45) is 0 Å². The van der Waals surface area contributed by atoms with Crippen LogP contribution in [0.5, 0.6) is 0 Å². The van der Waals surface area contributed by atoms with Gasteiger partial charge in [0, 0.05) is 31.2 Å². The number of ketones is 1. The number of aromatic amines is 1. The number of aromatic nitrogens is 2. The smallest absolute Gasteiger partial charge is 0.349 e. The third-order valence-corrected chi connectivity index (χ3v) is 4.00. The first kappa shape index (κ1) is 19.2. The molecule has 0 aromatic carbocycles. The molecule has 1 N–H and O–H groups in total. The maximum atomic E-state index is 12.1. The summed E-state index contributed by atoms with van der Waals surface area (Å²) in [5.74, 6) is -1.19. The highest BCUT2D eigenvalue weighted by atomic mass is 16.5. The van der Waals surface area contributed by atoms with Gasteiger partial charge in [-0.2, -0.15) is 5.26 Å². The summed E-state index contributed by atoms with van der Waals surface area (Å²) in [5, 5.41) is 9.28. The highest BCUT2D eigenvalue weighted by Gasteiger charge is 2.16. The van der Waals surface area contributed by atoms with E-state index in [-0.39, 0.29) is 11.4 Å². The molecule has 0 saturated heterocycles. The Morgan fingerprint density at radius 3 is 2.77 bits per heavy atom. The Hall–Kier alpha value is -3.11. The summed E-state index contributed by atoms with van der Waals surface area (Å²) in [4.78, 5) is 26.7. The van der Waals surface area contributed by atoms with E-state index >= 15 is 0 Å². The Balaban J connectivity index is 2.11. The Labute approximate surface area is 151 Å². The number of hydrogen-bond donors (Lipinski definition) is 1. The molecule has 2 heterocycles. The minimum atomic E-state index is -0.825. The van der Waals surface area contributed by atoms with Gasteiger partial charge in [0.25, 0.3) is 0 Å². The van der Waals surface area contributed by atoms with Crippen LogP contribution in [0.25, 0.3) is 6.08 Å². The molecule has 0 unspecified atom stereocenters. The second kappa shape index (κ2) is 8.83. The first-order chi connectivity index (χ1) is 12.5. The Morgan fingerprint density at radius 1 is 1.38 bits per heavy atom. The number of Topliss-reactive ketones (excluding diaryl/α,β-unsaturated/α-hetero) is 1. The average molecular weight is 355 g/mol. The van der Waals surface area contributed by atoms with E-state index in [9.17, 15) is 14.9 Å². The van der Waals surface area contributed by atoms with Gasteiger partial charge in [0.15, 0.2) is 6.61 Å².